The molecule has 0 aromatic rings. The number of esters is 1. The van der Waals surface area contributed by atoms with Gasteiger partial charge in [-0.25, -0.2) is 0 Å². The minimum absolute atomic E-state index is 0.00388. The van der Waals surface area contributed by atoms with Crippen LogP contribution in [0.25, 0.3) is 0 Å². The van der Waals surface area contributed by atoms with E-state index in [0.29, 0.717) is 13.0 Å². The van der Waals surface area contributed by atoms with Crippen molar-refractivity contribution in [2.75, 3.05) is 26.3 Å². The Hall–Kier alpha value is -1.45. The van der Waals surface area contributed by atoms with Gasteiger partial charge in [0.05, 0.1) is 31.2 Å². The fourth-order valence-electron chi connectivity index (χ4n) is 5.24. The number of rotatable bonds is 7. The molecule has 0 aliphatic carbocycles. The summed E-state index contributed by atoms with van der Waals surface area (Å²) in [5.74, 6) is -2.67. The second-order valence-corrected chi connectivity index (χ2v) is 10.3. The number of carbonyl (C=O) groups excluding carboxylic acids is 3. The fourth-order valence-corrected chi connectivity index (χ4v) is 6.18. The van der Waals surface area contributed by atoms with Crippen LogP contribution in [0.5, 0.6) is 0 Å². The van der Waals surface area contributed by atoms with E-state index in [1.54, 1.807) is 17.9 Å². The van der Waals surface area contributed by atoms with Crippen LogP contribution in [0.4, 0.5) is 0 Å². The smallest absolute Gasteiger partial charge is 0.312 e. The standard InChI is InChI=1S/C21H31BrN2O6/c1-6-8-24(20(3,4)5)18(27)16-21-11-12(22)15(30-21)13(19(28)29-7-2)14(21)17(26)23(16)9-10-25/h6,12-16,25H,1,7-11H2,2-5H3/t12?,13-,14+,15-,16?,21?/m1/s1. The highest BCUT2D eigenvalue weighted by molar-refractivity contribution is 9.09. The summed E-state index contributed by atoms with van der Waals surface area (Å²) in [5.41, 5.74) is -1.65. The molecule has 3 rings (SSSR count). The van der Waals surface area contributed by atoms with E-state index in [2.05, 4.69) is 22.5 Å². The van der Waals surface area contributed by atoms with E-state index in [4.69, 9.17) is 9.47 Å². The van der Waals surface area contributed by atoms with E-state index in [1.165, 1.54) is 4.90 Å². The summed E-state index contributed by atoms with van der Waals surface area (Å²) in [6, 6.07) is -0.925. The Kier molecular flexibility index (Phi) is 6.38. The second kappa shape index (κ2) is 8.24. The molecule has 3 aliphatic rings. The van der Waals surface area contributed by atoms with Gasteiger partial charge in [0.1, 0.15) is 11.6 Å². The molecule has 0 radical (unpaired) electrons. The monoisotopic (exact) mass is 486 g/mol. The number of fused-ring (bicyclic) bond motifs is 1. The van der Waals surface area contributed by atoms with Crippen LogP contribution in [0.3, 0.4) is 0 Å². The molecule has 3 heterocycles. The number of nitrogens with zero attached hydrogens (tertiary/aromatic N) is 2. The first kappa shape index (κ1) is 23.2. The molecule has 30 heavy (non-hydrogen) atoms. The average molecular weight is 487 g/mol. The first-order valence-electron chi connectivity index (χ1n) is 10.4. The molecule has 3 unspecified atom stereocenters. The fraction of sp³-hybridized carbons (Fsp3) is 0.762. The van der Waals surface area contributed by atoms with Crippen molar-refractivity contribution in [3.05, 3.63) is 12.7 Å². The van der Waals surface area contributed by atoms with E-state index in [0.717, 1.165) is 0 Å². The summed E-state index contributed by atoms with van der Waals surface area (Å²) in [4.78, 5) is 42.9. The quantitative estimate of drug-likeness (QED) is 0.328. The van der Waals surface area contributed by atoms with Gasteiger partial charge in [0.2, 0.25) is 11.8 Å². The first-order valence-corrected chi connectivity index (χ1v) is 11.3. The average Bonchev–Trinajstić information content (AvgIpc) is 3.23. The highest BCUT2D eigenvalue weighted by Crippen LogP contribution is 2.60. The van der Waals surface area contributed by atoms with Crippen LogP contribution < -0.4 is 0 Å². The first-order chi connectivity index (χ1) is 14.0. The molecule has 168 valence electrons. The Morgan fingerprint density at radius 3 is 2.67 bits per heavy atom. The molecule has 0 aromatic carbocycles. The van der Waals surface area contributed by atoms with Gasteiger partial charge in [-0.05, 0) is 34.1 Å². The maximum atomic E-state index is 13.8. The molecule has 0 aromatic heterocycles. The summed E-state index contributed by atoms with van der Waals surface area (Å²) >= 11 is 3.60. The number of ether oxygens (including phenoxy) is 2. The van der Waals surface area contributed by atoms with Gasteiger partial charge in [0.25, 0.3) is 0 Å². The van der Waals surface area contributed by atoms with E-state index >= 15 is 0 Å². The molecule has 8 nitrogen and oxygen atoms in total. The van der Waals surface area contributed by atoms with Crippen molar-refractivity contribution in [2.24, 2.45) is 11.8 Å². The van der Waals surface area contributed by atoms with Crippen LogP contribution in [-0.4, -0.2) is 87.1 Å². The number of alkyl halides is 1. The third-order valence-electron chi connectivity index (χ3n) is 6.31. The lowest BCUT2D eigenvalue weighted by atomic mass is 9.70. The lowest BCUT2D eigenvalue weighted by Gasteiger charge is -2.42. The summed E-state index contributed by atoms with van der Waals surface area (Å²) in [5, 5.41) is 9.61. The number of aliphatic hydroxyl groups excluding tert-OH is 1. The number of β-amino-alcohol motifs (C(OH)–C–C–N with tert-alkyl or cyclic N) is 1. The number of aliphatic hydroxyl groups is 1. The highest BCUT2D eigenvalue weighted by Gasteiger charge is 2.77. The van der Waals surface area contributed by atoms with Crippen molar-refractivity contribution in [1.82, 2.24) is 9.80 Å². The maximum absolute atomic E-state index is 13.8. The molecule has 2 bridgehead atoms. The van der Waals surface area contributed by atoms with Crippen LogP contribution in [0.1, 0.15) is 34.1 Å². The maximum Gasteiger partial charge on any atom is 0.312 e. The molecular formula is C21H31BrN2O6. The van der Waals surface area contributed by atoms with Gasteiger partial charge in [0.15, 0.2) is 0 Å². The molecule has 3 fully saturated rings. The molecule has 2 amide bonds. The summed E-state index contributed by atoms with van der Waals surface area (Å²) < 4.78 is 11.6. The van der Waals surface area contributed by atoms with Gasteiger partial charge in [0, 0.05) is 23.5 Å². The molecule has 6 atom stereocenters. The molecule has 3 aliphatic heterocycles. The van der Waals surface area contributed by atoms with E-state index < -0.39 is 41.1 Å². The Morgan fingerprint density at radius 1 is 1.47 bits per heavy atom. The van der Waals surface area contributed by atoms with Gasteiger partial charge >= 0.3 is 5.97 Å². The van der Waals surface area contributed by atoms with Gasteiger partial charge in [-0.3, -0.25) is 14.4 Å². The molecular weight excluding hydrogens is 456 g/mol. The van der Waals surface area contributed by atoms with Gasteiger partial charge in [-0.2, -0.15) is 0 Å². The molecule has 1 N–H and O–H groups in total. The van der Waals surface area contributed by atoms with E-state index in [1.807, 2.05) is 20.8 Å². The SMILES string of the molecule is C=CCN(C(=O)C1N(CCO)C(=O)[C@@H]2[C@@H](C(=O)OCC)[C@@H]3OC12CC3Br)C(C)(C)C. The van der Waals surface area contributed by atoms with Crippen LogP contribution in [0, 0.1) is 11.8 Å². The van der Waals surface area contributed by atoms with Crippen molar-refractivity contribution in [3.8, 4) is 0 Å². The number of amides is 2. The van der Waals surface area contributed by atoms with Crippen molar-refractivity contribution < 1.29 is 29.0 Å². The zero-order valence-corrected chi connectivity index (χ0v) is 19.6. The topological polar surface area (TPSA) is 96.4 Å². The van der Waals surface area contributed by atoms with Crippen molar-refractivity contribution in [2.45, 2.75) is 62.2 Å². The third kappa shape index (κ3) is 3.39. The summed E-state index contributed by atoms with van der Waals surface area (Å²) in [6.45, 7) is 11.4. The Bertz CT molecular complexity index is 737. The normalized spacial score (nSPS) is 34.8. The largest absolute Gasteiger partial charge is 0.466 e. The number of hydrogen-bond donors (Lipinski definition) is 1. The van der Waals surface area contributed by atoms with Crippen LogP contribution in [-0.2, 0) is 23.9 Å². The van der Waals surface area contributed by atoms with E-state index in [9.17, 15) is 19.5 Å². The zero-order chi connectivity index (χ0) is 22.4. The van der Waals surface area contributed by atoms with Crippen LogP contribution >= 0.6 is 15.9 Å². The minimum atomic E-state index is -1.13. The lowest BCUT2D eigenvalue weighted by molar-refractivity contribution is -0.155. The number of likely N-dealkylation sites (tertiary alicyclic amines) is 1. The molecule has 1 spiro atoms. The number of halogens is 1. The molecule has 3 saturated heterocycles. The van der Waals surface area contributed by atoms with Crippen LogP contribution in [0.2, 0.25) is 0 Å². The predicted octanol–water partition coefficient (Wildman–Crippen LogP) is 1.10. The van der Waals surface area contributed by atoms with Crippen molar-refractivity contribution >= 4 is 33.7 Å². The highest BCUT2D eigenvalue weighted by atomic mass is 79.9. The predicted molar refractivity (Wildman–Crippen MR) is 113 cm³/mol. The Balaban J connectivity index is 2.08. The summed E-state index contributed by atoms with van der Waals surface area (Å²) in [7, 11) is 0. The van der Waals surface area contributed by atoms with E-state index in [-0.39, 0.29) is 36.4 Å². The Morgan fingerprint density at radius 2 is 2.13 bits per heavy atom. The van der Waals surface area contributed by atoms with Gasteiger partial charge in [-0.15, -0.1) is 6.58 Å². The van der Waals surface area contributed by atoms with Crippen molar-refractivity contribution in [1.29, 1.82) is 0 Å². The third-order valence-corrected chi connectivity index (χ3v) is 7.15. The van der Waals surface area contributed by atoms with Crippen molar-refractivity contribution in [3.63, 3.8) is 0 Å². The number of carbonyl (C=O) groups is 3. The zero-order valence-electron chi connectivity index (χ0n) is 18.0. The number of hydrogen-bond acceptors (Lipinski definition) is 6. The Labute approximate surface area is 185 Å². The lowest BCUT2D eigenvalue weighted by Crippen LogP contribution is -2.60. The molecule has 9 heteroatoms. The molecule has 0 saturated carbocycles. The van der Waals surface area contributed by atoms with Gasteiger partial charge < -0.3 is 24.4 Å². The minimum Gasteiger partial charge on any atom is -0.466 e. The van der Waals surface area contributed by atoms with Crippen LogP contribution in [0.15, 0.2) is 12.7 Å². The second-order valence-electron chi connectivity index (χ2n) is 9.08. The summed E-state index contributed by atoms with van der Waals surface area (Å²) in [6.07, 6.45) is 1.54. The van der Waals surface area contributed by atoms with Gasteiger partial charge in [-0.1, -0.05) is 22.0 Å².